The molecular weight excluding hydrogens is 342 g/mol. The highest BCUT2D eigenvalue weighted by Gasteiger charge is 1.87. The summed E-state index contributed by atoms with van der Waals surface area (Å²) in [5.41, 5.74) is 0. The molecule has 0 atom stereocenters. The Morgan fingerprint density at radius 3 is 1.44 bits per heavy atom. The maximum atomic E-state index is 2.32. The normalized spacial score (nSPS) is 8.22. The van der Waals surface area contributed by atoms with Crippen LogP contribution in [0.25, 0.3) is 0 Å². The van der Waals surface area contributed by atoms with Crippen LogP contribution in [-0.2, 0) is 0 Å². The molecule has 0 aromatic heterocycles. The third-order valence-electron chi connectivity index (χ3n) is 0.824. The second kappa shape index (κ2) is 4.45. The van der Waals surface area contributed by atoms with Gasteiger partial charge in [-0.3, -0.25) is 0 Å². The number of benzene rings is 1. The molecule has 1 aromatic rings. The highest BCUT2D eigenvalue weighted by atomic mass is 127. The van der Waals surface area contributed by atoms with Crippen molar-refractivity contribution in [2.75, 3.05) is 0 Å². The number of hydrogen-bond donors (Lipinski definition) is 0. The predicted octanol–water partition coefficient (Wildman–Crippen LogP) is 2.07. The molecule has 0 fully saturated rings. The summed E-state index contributed by atoms with van der Waals surface area (Å²) in [6.07, 6.45) is 0. The summed E-state index contributed by atoms with van der Waals surface area (Å²) >= 11 is 4.63. The molecule has 0 saturated carbocycles. The lowest BCUT2D eigenvalue weighted by atomic mass is 10.4. The van der Waals surface area contributed by atoms with E-state index in [9.17, 15) is 0 Å². The van der Waals surface area contributed by atoms with Crippen molar-refractivity contribution < 1.29 is 5.48 Å². The Labute approximate surface area is 81.4 Å². The standard InChI is InChI=1S/C6H4I2.H2O/c7-5-3-1-2-4-6(5)8;/h1-4H;1H2. The Bertz CT molecular complexity index is 167. The van der Waals surface area contributed by atoms with E-state index in [1.807, 2.05) is 12.1 Å². The minimum absolute atomic E-state index is 0. The zero-order valence-corrected chi connectivity index (χ0v) is 8.88. The van der Waals surface area contributed by atoms with Crippen LogP contribution < -0.4 is 0 Å². The molecule has 9 heavy (non-hydrogen) atoms. The molecule has 0 spiro atoms. The summed E-state index contributed by atoms with van der Waals surface area (Å²) in [6, 6.07) is 8.29. The van der Waals surface area contributed by atoms with Crippen molar-refractivity contribution in [3.8, 4) is 0 Å². The SMILES string of the molecule is Ic1ccccc1I.O. The monoisotopic (exact) mass is 348 g/mol. The molecule has 3 heteroatoms. The van der Waals surface area contributed by atoms with Crippen molar-refractivity contribution in [2.24, 2.45) is 0 Å². The van der Waals surface area contributed by atoms with Crippen LogP contribution in [0.2, 0.25) is 0 Å². The third-order valence-corrected chi connectivity index (χ3v) is 3.74. The van der Waals surface area contributed by atoms with Crippen LogP contribution in [0.15, 0.2) is 24.3 Å². The summed E-state index contributed by atoms with van der Waals surface area (Å²) in [7, 11) is 0. The molecule has 0 bridgehead atoms. The van der Waals surface area contributed by atoms with Crippen LogP contribution >= 0.6 is 45.2 Å². The fraction of sp³-hybridized carbons (Fsp3) is 0. The Balaban J connectivity index is 0.000000640. The quantitative estimate of drug-likeness (QED) is 0.643. The molecule has 2 N–H and O–H groups in total. The molecule has 0 amide bonds. The van der Waals surface area contributed by atoms with Crippen LogP contribution in [0.5, 0.6) is 0 Å². The highest BCUT2D eigenvalue weighted by molar-refractivity contribution is 14.1. The minimum atomic E-state index is 0. The largest absolute Gasteiger partial charge is 0.412 e. The summed E-state index contributed by atoms with van der Waals surface area (Å²) in [5, 5.41) is 0. The second-order valence-corrected chi connectivity index (χ2v) is 3.74. The Morgan fingerprint density at radius 2 is 1.22 bits per heavy atom. The minimum Gasteiger partial charge on any atom is -0.412 e. The van der Waals surface area contributed by atoms with E-state index in [1.54, 1.807) is 0 Å². The Morgan fingerprint density at radius 1 is 0.889 bits per heavy atom. The smallest absolute Gasteiger partial charge is 0.0263 e. The van der Waals surface area contributed by atoms with Gasteiger partial charge in [0, 0.05) is 7.14 Å². The zero-order valence-electron chi connectivity index (χ0n) is 4.57. The molecule has 1 aromatic carbocycles. The molecule has 0 aliphatic heterocycles. The first kappa shape index (κ1) is 9.64. The van der Waals surface area contributed by atoms with Crippen molar-refractivity contribution in [1.82, 2.24) is 0 Å². The number of hydrogen-bond acceptors (Lipinski definition) is 0. The predicted molar refractivity (Wildman–Crippen MR) is 55.5 cm³/mol. The zero-order chi connectivity index (χ0) is 5.98. The fourth-order valence-corrected chi connectivity index (χ4v) is 1.21. The van der Waals surface area contributed by atoms with E-state index in [0.717, 1.165) is 0 Å². The van der Waals surface area contributed by atoms with E-state index in [4.69, 9.17) is 0 Å². The van der Waals surface area contributed by atoms with Gasteiger partial charge in [0.25, 0.3) is 0 Å². The van der Waals surface area contributed by atoms with Crippen LogP contribution in [0, 0.1) is 7.14 Å². The lowest BCUT2D eigenvalue weighted by Gasteiger charge is -1.89. The topological polar surface area (TPSA) is 31.5 Å². The Kier molecular flexibility index (Phi) is 4.77. The maximum Gasteiger partial charge on any atom is 0.0263 e. The lowest BCUT2D eigenvalue weighted by molar-refractivity contribution is 0.824. The fourth-order valence-electron chi connectivity index (χ4n) is 0.439. The van der Waals surface area contributed by atoms with E-state index >= 15 is 0 Å². The Hall–Kier alpha value is 0.640. The van der Waals surface area contributed by atoms with Crippen LogP contribution in [0.1, 0.15) is 0 Å². The molecule has 0 aliphatic carbocycles. The van der Waals surface area contributed by atoms with Gasteiger partial charge in [0.15, 0.2) is 0 Å². The molecule has 0 unspecified atom stereocenters. The first-order valence-corrected chi connectivity index (χ1v) is 4.36. The van der Waals surface area contributed by atoms with Crippen molar-refractivity contribution in [3.05, 3.63) is 31.4 Å². The van der Waals surface area contributed by atoms with Crippen molar-refractivity contribution in [2.45, 2.75) is 0 Å². The first-order valence-electron chi connectivity index (χ1n) is 2.21. The third kappa shape index (κ3) is 2.81. The van der Waals surface area contributed by atoms with Gasteiger partial charge >= 0.3 is 0 Å². The first-order chi connectivity index (χ1) is 3.80. The molecular formula is C6H6I2O. The van der Waals surface area contributed by atoms with Gasteiger partial charge in [0.05, 0.1) is 0 Å². The van der Waals surface area contributed by atoms with Gasteiger partial charge in [-0.15, -0.1) is 0 Å². The van der Waals surface area contributed by atoms with Gasteiger partial charge in [-0.05, 0) is 57.3 Å². The van der Waals surface area contributed by atoms with Gasteiger partial charge < -0.3 is 5.48 Å². The van der Waals surface area contributed by atoms with E-state index in [0.29, 0.717) is 0 Å². The molecule has 1 rings (SSSR count). The molecule has 50 valence electrons. The van der Waals surface area contributed by atoms with Gasteiger partial charge in [-0.1, -0.05) is 12.1 Å². The maximum absolute atomic E-state index is 2.32. The second-order valence-electron chi connectivity index (χ2n) is 1.41. The molecule has 0 saturated heterocycles. The highest BCUT2D eigenvalue weighted by Crippen LogP contribution is 2.12. The average Bonchev–Trinajstić information content (AvgIpc) is 1.77. The van der Waals surface area contributed by atoms with Gasteiger partial charge in [0.2, 0.25) is 0 Å². The van der Waals surface area contributed by atoms with Crippen molar-refractivity contribution in [1.29, 1.82) is 0 Å². The lowest BCUT2D eigenvalue weighted by Crippen LogP contribution is -1.73. The van der Waals surface area contributed by atoms with Crippen molar-refractivity contribution >= 4 is 45.2 Å². The molecule has 1 nitrogen and oxygen atoms in total. The summed E-state index contributed by atoms with van der Waals surface area (Å²) in [5.74, 6) is 0. The molecule has 0 radical (unpaired) electrons. The van der Waals surface area contributed by atoms with E-state index in [2.05, 4.69) is 57.3 Å². The summed E-state index contributed by atoms with van der Waals surface area (Å²) in [4.78, 5) is 0. The van der Waals surface area contributed by atoms with Gasteiger partial charge in [-0.25, -0.2) is 0 Å². The van der Waals surface area contributed by atoms with Crippen molar-refractivity contribution in [3.63, 3.8) is 0 Å². The summed E-state index contributed by atoms with van der Waals surface area (Å²) < 4.78 is 2.65. The van der Waals surface area contributed by atoms with Gasteiger partial charge in [0.1, 0.15) is 0 Å². The van der Waals surface area contributed by atoms with E-state index in [-0.39, 0.29) is 5.48 Å². The number of halogens is 2. The number of rotatable bonds is 0. The van der Waals surface area contributed by atoms with E-state index < -0.39 is 0 Å². The molecule has 0 aliphatic rings. The van der Waals surface area contributed by atoms with E-state index in [1.165, 1.54) is 7.14 Å². The van der Waals surface area contributed by atoms with Crippen LogP contribution in [0.3, 0.4) is 0 Å². The van der Waals surface area contributed by atoms with Crippen LogP contribution in [-0.4, -0.2) is 5.48 Å². The summed E-state index contributed by atoms with van der Waals surface area (Å²) in [6.45, 7) is 0. The van der Waals surface area contributed by atoms with Crippen LogP contribution in [0.4, 0.5) is 0 Å². The molecule has 0 heterocycles. The van der Waals surface area contributed by atoms with Gasteiger partial charge in [-0.2, -0.15) is 0 Å². The average molecular weight is 348 g/mol.